The first-order valence-corrected chi connectivity index (χ1v) is 8.13. The molecule has 102 valence electrons. The van der Waals surface area contributed by atoms with Gasteiger partial charge >= 0.3 is 0 Å². The van der Waals surface area contributed by atoms with Crippen molar-refractivity contribution >= 4 is 15.9 Å². The minimum Gasteiger partial charge on any atom is -0.198 e. The maximum absolute atomic E-state index is 9.64. The summed E-state index contributed by atoms with van der Waals surface area (Å²) in [5.74, 6) is 0.852. The molecule has 0 bridgehead atoms. The van der Waals surface area contributed by atoms with E-state index in [-0.39, 0.29) is 5.41 Å². The Balaban J connectivity index is 2.05. The van der Waals surface area contributed by atoms with E-state index in [1.54, 1.807) is 0 Å². The molecule has 1 nitrogen and oxygen atoms in total. The molecular weight excluding hydrogens is 298 g/mol. The lowest BCUT2D eigenvalue weighted by Crippen LogP contribution is -2.28. The summed E-state index contributed by atoms with van der Waals surface area (Å²) in [7, 11) is 0. The van der Waals surface area contributed by atoms with Crippen LogP contribution in [0.2, 0.25) is 0 Å². The molecule has 0 heterocycles. The quantitative estimate of drug-likeness (QED) is 0.719. The molecule has 0 N–H and O–H groups in total. The van der Waals surface area contributed by atoms with Gasteiger partial charge in [0.05, 0.1) is 11.5 Å². The molecule has 1 saturated carbocycles. The molecule has 0 unspecified atom stereocenters. The average Bonchev–Trinajstić information content (AvgIpc) is 2.44. The predicted octanol–water partition coefficient (Wildman–Crippen LogP) is 5.49. The van der Waals surface area contributed by atoms with Gasteiger partial charge in [0.2, 0.25) is 0 Å². The average molecular weight is 320 g/mol. The van der Waals surface area contributed by atoms with Crippen LogP contribution in [0, 0.1) is 22.7 Å². The fourth-order valence-corrected chi connectivity index (χ4v) is 3.69. The van der Waals surface area contributed by atoms with E-state index in [9.17, 15) is 5.26 Å². The zero-order valence-electron chi connectivity index (χ0n) is 11.7. The highest BCUT2D eigenvalue weighted by Gasteiger charge is 2.35. The first-order valence-electron chi connectivity index (χ1n) is 7.34. The Morgan fingerprint density at radius 3 is 2.58 bits per heavy atom. The highest BCUT2D eigenvalue weighted by Crippen LogP contribution is 2.43. The summed E-state index contributed by atoms with van der Waals surface area (Å²) < 4.78 is 1.14. The molecule has 1 aromatic rings. The SMILES string of the molecule is CCCC1CCC(C#N)(Cc2ccccc2Br)CC1. The minimum atomic E-state index is -0.131. The minimum absolute atomic E-state index is 0.131. The van der Waals surface area contributed by atoms with Gasteiger partial charge in [-0.15, -0.1) is 0 Å². The molecule has 2 rings (SSSR count). The summed E-state index contributed by atoms with van der Waals surface area (Å²) in [4.78, 5) is 0. The molecule has 1 aliphatic rings. The predicted molar refractivity (Wildman–Crippen MR) is 82.8 cm³/mol. The number of hydrogen-bond donors (Lipinski definition) is 0. The van der Waals surface area contributed by atoms with Crippen molar-refractivity contribution in [2.75, 3.05) is 0 Å². The van der Waals surface area contributed by atoms with Crippen molar-refractivity contribution in [2.24, 2.45) is 11.3 Å². The number of hydrogen-bond acceptors (Lipinski definition) is 1. The molecule has 0 aromatic heterocycles. The third-order valence-corrected chi connectivity index (χ3v) is 5.26. The zero-order valence-corrected chi connectivity index (χ0v) is 13.2. The maximum Gasteiger partial charge on any atom is 0.0693 e. The first-order chi connectivity index (χ1) is 9.19. The van der Waals surface area contributed by atoms with Gasteiger partial charge in [-0.3, -0.25) is 0 Å². The standard InChI is InChI=1S/C17H22BrN/c1-2-5-14-8-10-17(13-19,11-9-14)12-15-6-3-4-7-16(15)18/h3-4,6-7,14H,2,5,8-12H2,1H3. The fraction of sp³-hybridized carbons (Fsp3) is 0.588. The molecule has 19 heavy (non-hydrogen) atoms. The largest absolute Gasteiger partial charge is 0.198 e. The van der Waals surface area contributed by atoms with Gasteiger partial charge in [-0.05, 0) is 49.7 Å². The highest BCUT2D eigenvalue weighted by atomic mass is 79.9. The van der Waals surface area contributed by atoms with Crippen molar-refractivity contribution in [1.82, 2.24) is 0 Å². The number of rotatable bonds is 4. The van der Waals surface area contributed by atoms with E-state index in [1.807, 2.05) is 6.07 Å². The second kappa shape index (κ2) is 6.57. The van der Waals surface area contributed by atoms with Crippen molar-refractivity contribution in [3.05, 3.63) is 34.3 Å². The van der Waals surface area contributed by atoms with E-state index in [2.05, 4.69) is 47.1 Å². The Hall–Kier alpha value is -0.810. The van der Waals surface area contributed by atoms with Crippen molar-refractivity contribution in [2.45, 2.75) is 51.9 Å². The smallest absolute Gasteiger partial charge is 0.0693 e. The number of nitriles is 1. The van der Waals surface area contributed by atoms with E-state index >= 15 is 0 Å². The molecule has 0 amide bonds. The summed E-state index contributed by atoms with van der Waals surface area (Å²) in [6, 6.07) is 10.9. The van der Waals surface area contributed by atoms with Crippen molar-refractivity contribution in [1.29, 1.82) is 5.26 Å². The molecule has 0 aliphatic heterocycles. The van der Waals surface area contributed by atoms with Crippen LogP contribution in [-0.4, -0.2) is 0 Å². The Labute approximate surface area is 125 Å². The van der Waals surface area contributed by atoms with Crippen LogP contribution in [0.5, 0.6) is 0 Å². The topological polar surface area (TPSA) is 23.8 Å². The highest BCUT2D eigenvalue weighted by molar-refractivity contribution is 9.10. The van der Waals surface area contributed by atoms with Crippen LogP contribution >= 0.6 is 15.9 Å². The normalized spacial score (nSPS) is 26.9. The Morgan fingerprint density at radius 1 is 1.32 bits per heavy atom. The van der Waals surface area contributed by atoms with Gasteiger partial charge < -0.3 is 0 Å². The zero-order chi connectivity index (χ0) is 13.7. The van der Waals surface area contributed by atoms with Gasteiger partial charge in [-0.2, -0.15) is 5.26 Å². The number of benzene rings is 1. The third kappa shape index (κ3) is 3.60. The third-order valence-electron chi connectivity index (χ3n) is 4.48. The molecule has 0 atom stereocenters. The molecular formula is C17H22BrN. The van der Waals surface area contributed by atoms with Crippen LogP contribution in [0.4, 0.5) is 0 Å². The van der Waals surface area contributed by atoms with E-state index in [1.165, 1.54) is 31.2 Å². The summed E-state index contributed by atoms with van der Waals surface area (Å²) in [5.41, 5.74) is 1.15. The van der Waals surface area contributed by atoms with Crippen LogP contribution < -0.4 is 0 Å². The number of halogens is 1. The van der Waals surface area contributed by atoms with Crippen LogP contribution in [-0.2, 0) is 6.42 Å². The summed E-state index contributed by atoms with van der Waals surface area (Å²) in [6.07, 6.45) is 8.08. The lowest BCUT2D eigenvalue weighted by molar-refractivity contribution is 0.200. The van der Waals surface area contributed by atoms with Crippen molar-refractivity contribution in [3.63, 3.8) is 0 Å². The van der Waals surface area contributed by atoms with Crippen molar-refractivity contribution in [3.8, 4) is 6.07 Å². The van der Waals surface area contributed by atoms with Gasteiger partial charge in [0.1, 0.15) is 0 Å². The lowest BCUT2D eigenvalue weighted by atomic mass is 9.67. The van der Waals surface area contributed by atoms with Gasteiger partial charge in [0.15, 0.2) is 0 Å². The van der Waals surface area contributed by atoms with Crippen LogP contribution in [0.3, 0.4) is 0 Å². The molecule has 1 aromatic carbocycles. The van der Waals surface area contributed by atoms with Crippen LogP contribution in [0.25, 0.3) is 0 Å². The fourth-order valence-electron chi connectivity index (χ4n) is 3.26. The molecule has 0 saturated heterocycles. The van der Waals surface area contributed by atoms with Gasteiger partial charge in [0, 0.05) is 4.47 Å². The van der Waals surface area contributed by atoms with Crippen LogP contribution in [0.1, 0.15) is 51.0 Å². The summed E-state index contributed by atoms with van der Waals surface area (Å²) in [6.45, 7) is 2.26. The molecule has 1 fully saturated rings. The molecule has 1 aliphatic carbocycles. The van der Waals surface area contributed by atoms with E-state index in [0.29, 0.717) is 0 Å². The van der Waals surface area contributed by atoms with Gasteiger partial charge in [0.25, 0.3) is 0 Å². The number of nitrogens with zero attached hydrogens (tertiary/aromatic N) is 1. The Bertz CT molecular complexity index is 453. The Kier molecular flexibility index (Phi) is 5.05. The molecule has 0 spiro atoms. The molecule has 0 radical (unpaired) electrons. The van der Waals surface area contributed by atoms with Gasteiger partial charge in [-0.25, -0.2) is 0 Å². The lowest BCUT2D eigenvalue weighted by Gasteiger charge is -2.35. The second-order valence-electron chi connectivity index (χ2n) is 5.89. The summed E-state index contributed by atoms with van der Waals surface area (Å²) in [5, 5.41) is 9.64. The van der Waals surface area contributed by atoms with E-state index in [4.69, 9.17) is 0 Å². The monoisotopic (exact) mass is 319 g/mol. The maximum atomic E-state index is 9.64. The summed E-state index contributed by atoms with van der Waals surface area (Å²) >= 11 is 3.60. The first kappa shape index (κ1) is 14.6. The van der Waals surface area contributed by atoms with E-state index < -0.39 is 0 Å². The van der Waals surface area contributed by atoms with Crippen LogP contribution in [0.15, 0.2) is 28.7 Å². The van der Waals surface area contributed by atoms with Crippen molar-refractivity contribution < 1.29 is 0 Å². The van der Waals surface area contributed by atoms with Gasteiger partial charge in [-0.1, -0.05) is 53.9 Å². The molecule has 2 heteroatoms. The van der Waals surface area contributed by atoms with E-state index in [0.717, 1.165) is 29.7 Å². The Morgan fingerprint density at radius 2 is 2.00 bits per heavy atom. The second-order valence-corrected chi connectivity index (χ2v) is 6.75.